The molecule has 29 heavy (non-hydrogen) atoms. The number of nitrogens with zero attached hydrogens (tertiary/aromatic N) is 3. The number of hydrogen-bond acceptors (Lipinski definition) is 3. The van der Waals surface area contributed by atoms with Gasteiger partial charge in [-0.05, 0) is 18.9 Å². The van der Waals surface area contributed by atoms with Gasteiger partial charge in [-0.3, -0.25) is 14.7 Å². The fraction of sp³-hybridized carbons (Fsp3) is 0.600. The maximum atomic E-state index is 12.5. The molecular weight excluding hydrogens is 383 g/mol. The molecule has 0 spiro atoms. The lowest BCUT2D eigenvalue weighted by molar-refractivity contribution is -0.143. The normalized spacial score (nSPS) is 18.0. The van der Waals surface area contributed by atoms with Crippen LogP contribution in [0.4, 0.5) is 13.2 Å². The van der Waals surface area contributed by atoms with Gasteiger partial charge < -0.3 is 15.5 Å². The molecule has 0 bridgehead atoms. The molecule has 1 aromatic carbocycles. The Balaban J connectivity index is 1.79. The van der Waals surface area contributed by atoms with E-state index in [0.29, 0.717) is 45.1 Å². The van der Waals surface area contributed by atoms with Gasteiger partial charge in [0.1, 0.15) is 0 Å². The van der Waals surface area contributed by atoms with Gasteiger partial charge in [0.05, 0.1) is 13.1 Å². The van der Waals surface area contributed by atoms with Crippen molar-refractivity contribution in [2.45, 2.75) is 38.5 Å². The highest BCUT2D eigenvalue weighted by Gasteiger charge is 2.34. The molecule has 0 aliphatic carbocycles. The van der Waals surface area contributed by atoms with E-state index >= 15 is 0 Å². The van der Waals surface area contributed by atoms with E-state index in [9.17, 15) is 18.0 Å². The first-order valence-corrected chi connectivity index (χ1v) is 9.88. The summed E-state index contributed by atoms with van der Waals surface area (Å²) >= 11 is 0. The van der Waals surface area contributed by atoms with Crippen LogP contribution in [0.15, 0.2) is 35.3 Å². The van der Waals surface area contributed by atoms with Crippen molar-refractivity contribution in [3.8, 4) is 0 Å². The fourth-order valence-electron chi connectivity index (χ4n) is 3.26. The summed E-state index contributed by atoms with van der Waals surface area (Å²) in [5.41, 5.74) is 1.06. The first kappa shape index (κ1) is 23.0. The average molecular weight is 413 g/mol. The molecule has 1 aliphatic rings. The van der Waals surface area contributed by atoms with E-state index in [4.69, 9.17) is 0 Å². The van der Waals surface area contributed by atoms with E-state index < -0.39 is 12.7 Å². The zero-order chi connectivity index (χ0) is 21.3. The minimum atomic E-state index is -4.18. The second-order valence-electron chi connectivity index (χ2n) is 7.23. The van der Waals surface area contributed by atoms with Crippen LogP contribution in [-0.2, 0) is 11.3 Å². The molecule has 9 heteroatoms. The molecule has 1 saturated heterocycles. The summed E-state index contributed by atoms with van der Waals surface area (Å²) in [4.78, 5) is 19.8. The maximum Gasteiger partial charge on any atom is 0.401 e. The minimum absolute atomic E-state index is 0.00864. The summed E-state index contributed by atoms with van der Waals surface area (Å²) in [5, 5.41) is 6.27. The second kappa shape index (κ2) is 11.0. The van der Waals surface area contributed by atoms with Crippen molar-refractivity contribution in [1.29, 1.82) is 0 Å². The number of rotatable bonds is 8. The lowest BCUT2D eigenvalue weighted by Gasteiger charge is -2.20. The first-order valence-electron chi connectivity index (χ1n) is 9.88. The van der Waals surface area contributed by atoms with Crippen LogP contribution < -0.4 is 10.6 Å². The number of nitrogens with one attached hydrogen (secondary N) is 2. The Kier molecular flexibility index (Phi) is 8.75. The molecule has 0 saturated carbocycles. The number of halogens is 3. The van der Waals surface area contributed by atoms with Crippen molar-refractivity contribution in [3.63, 3.8) is 0 Å². The van der Waals surface area contributed by atoms with Crippen LogP contribution in [0.2, 0.25) is 0 Å². The molecule has 6 nitrogen and oxygen atoms in total. The smallest absolute Gasteiger partial charge is 0.357 e. The van der Waals surface area contributed by atoms with Crippen LogP contribution in [-0.4, -0.2) is 73.7 Å². The van der Waals surface area contributed by atoms with Crippen LogP contribution in [0.1, 0.15) is 25.3 Å². The highest BCUT2D eigenvalue weighted by atomic mass is 19.4. The number of hydrogen-bond donors (Lipinski definition) is 2. The molecule has 1 aliphatic heterocycles. The van der Waals surface area contributed by atoms with Crippen molar-refractivity contribution < 1.29 is 18.0 Å². The summed E-state index contributed by atoms with van der Waals surface area (Å²) in [6.45, 7) is 3.24. The number of benzene rings is 1. The molecule has 2 rings (SSSR count). The van der Waals surface area contributed by atoms with E-state index in [1.807, 2.05) is 37.3 Å². The molecule has 2 N–H and O–H groups in total. The Labute approximate surface area is 170 Å². The number of alkyl halides is 3. The van der Waals surface area contributed by atoms with Crippen molar-refractivity contribution >= 4 is 11.9 Å². The largest absolute Gasteiger partial charge is 0.401 e. The molecule has 0 radical (unpaired) electrons. The van der Waals surface area contributed by atoms with Gasteiger partial charge in [0.15, 0.2) is 5.96 Å². The lowest BCUT2D eigenvalue weighted by atomic mass is 10.2. The van der Waals surface area contributed by atoms with E-state index in [1.54, 1.807) is 11.9 Å². The number of likely N-dealkylation sites (tertiary alicyclic amines) is 1. The van der Waals surface area contributed by atoms with Crippen LogP contribution in [0, 0.1) is 0 Å². The van der Waals surface area contributed by atoms with Crippen molar-refractivity contribution in [3.05, 3.63) is 35.9 Å². The van der Waals surface area contributed by atoms with Gasteiger partial charge in [0.25, 0.3) is 0 Å². The third-order valence-electron chi connectivity index (χ3n) is 4.64. The molecule has 1 heterocycles. The van der Waals surface area contributed by atoms with Crippen molar-refractivity contribution in [2.75, 3.05) is 39.8 Å². The van der Waals surface area contributed by atoms with Gasteiger partial charge in [-0.2, -0.15) is 13.2 Å². The second-order valence-corrected chi connectivity index (χ2v) is 7.23. The molecule has 162 valence electrons. The fourth-order valence-corrected chi connectivity index (χ4v) is 3.26. The van der Waals surface area contributed by atoms with Crippen LogP contribution >= 0.6 is 0 Å². The summed E-state index contributed by atoms with van der Waals surface area (Å²) in [5.74, 6) is 0.524. The molecule has 1 fully saturated rings. The number of carbonyl (C=O) groups excluding carboxylic acids is 1. The topological polar surface area (TPSA) is 60.0 Å². The van der Waals surface area contributed by atoms with Gasteiger partial charge in [-0.25, -0.2) is 0 Å². The monoisotopic (exact) mass is 413 g/mol. The van der Waals surface area contributed by atoms with Gasteiger partial charge >= 0.3 is 6.18 Å². The maximum absolute atomic E-state index is 12.5. The van der Waals surface area contributed by atoms with Crippen LogP contribution in [0.3, 0.4) is 0 Å². The summed E-state index contributed by atoms with van der Waals surface area (Å²) < 4.78 is 37.6. The third kappa shape index (κ3) is 8.72. The molecule has 1 aromatic rings. The van der Waals surface area contributed by atoms with Gasteiger partial charge in [0, 0.05) is 45.7 Å². The quantitative estimate of drug-likeness (QED) is 0.507. The molecule has 0 aromatic heterocycles. The van der Waals surface area contributed by atoms with E-state index in [-0.39, 0.29) is 18.4 Å². The highest BCUT2D eigenvalue weighted by molar-refractivity contribution is 5.81. The highest BCUT2D eigenvalue weighted by Crippen LogP contribution is 2.19. The summed E-state index contributed by atoms with van der Waals surface area (Å²) in [6.07, 6.45) is -3.29. The predicted molar refractivity (Wildman–Crippen MR) is 108 cm³/mol. The van der Waals surface area contributed by atoms with Crippen molar-refractivity contribution in [2.24, 2.45) is 4.99 Å². The Morgan fingerprint density at radius 2 is 2.03 bits per heavy atom. The number of aliphatic imine (C=N–C) groups is 1. The summed E-state index contributed by atoms with van der Waals surface area (Å²) in [6, 6.07) is 9.65. The lowest BCUT2D eigenvalue weighted by Crippen LogP contribution is -2.45. The van der Waals surface area contributed by atoms with Gasteiger partial charge in [-0.1, -0.05) is 30.3 Å². The SMILES string of the molecule is CCNC(=NCCC(=O)N(C)Cc1ccccc1)NC1CCN(CC(F)(F)F)C1. The first-order chi connectivity index (χ1) is 13.8. The van der Waals surface area contributed by atoms with E-state index in [1.165, 1.54) is 4.90 Å². The predicted octanol–water partition coefficient (Wildman–Crippen LogP) is 2.23. The summed E-state index contributed by atoms with van der Waals surface area (Å²) in [7, 11) is 1.76. The molecule has 1 atom stereocenters. The van der Waals surface area contributed by atoms with Crippen molar-refractivity contribution in [1.82, 2.24) is 20.4 Å². The Morgan fingerprint density at radius 3 is 2.69 bits per heavy atom. The standard InChI is InChI=1S/C20H30F3N5O/c1-3-24-19(26-17-10-12-28(14-17)15-20(21,22)23)25-11-9-18(29)27(2)13-16-7-5-4-6-8-16/h4-8,17H,3,9-15H2,1-2H3,(H2,24,25,26). The zero-order valence-electron chi connectivity index (χ0n) is 17.0. The Morgan fingerprint density at radius 1 is 1.31 bits per heavy atom. The van der Waals surface area contributed by atoms with E-state index in [2.05, 4.69) is 15.6 Å². The Bertz CT molecular complexity index is 666. The van der Waals surface area contributed by atoms with Gasteiger partial charge in [0.2, 0.25) is 5.91 Å². The minimum Gasteiger partial charge on any atom is -0.357 e. The molecular formula is C20H30F3N5O. The van der Waals surface area contributed by atoms with Crippen LogP contribution in [0.25, 0.3) is 0 Å². The third-order valence-corrected chi connectivity index (χ3v) is 4.64. The molecule has 1 amide bonds. The Hall–Kier alpha value is -2.29. The number of carbonyl (C=O) groups is 1. The van der Waals surface area contributed by atoms with Crippen LogP contribution in [0.5, 0.6) is 0 Å². The average Bonchev–Trinajstić information content (AvgIpc) is 3.07. The number of amides is 1. The van der Waals surface area contributed by atoms with Gasteiger partial charge in [-0.15, -0.1) is 0 Å². The molecule has 1 unspecified atom stereocenters. The zero-order valence-corrected chi connectivity index (χ0v) is 17.0. The number of guanidine groups is 1. The van der Waals surface area contributed by atoms with E-state index in [0.717, 1.165) is 5.56 Å².